The first kappa shape index (κ1) is 9.81. The SMILES string of the molecule is OC1CN(c2cnc3cc(Cl)ccc3n2)C1. The Morgan fingerprint density at radius 2 is 2.12 bits per heavy atom. The second-order valence-corrected chi connectivity index (χ2v) is 4.36. The van der Waals surface area contributed by atoms with Crippen molar-refractivity contribution in [2.75, 3.05) is 18.0 Å². The maximum atomic E-state index is 9.22. The van der Waals surface area contributed by atoms with Crippen LogP contribution in [0.3, 0.4) is 0 Å². The van der Waals surface area contributed by atoms with E-state index in [9.17, 15) is 5.11 Å². The standard InChI is InChI=1S/C11H10ClN3O/c12-7-1-2-9-10(3-7)13-4-11(14-9)15-5-8(16)6-15/h1-4,8,16H,5-6H2. The highest BCUT2D eigenvalue weighted by atomic mass is 35.5. The van der Waals surface area contributed by atoms with E-state index < -0.39 is 0 Å². The highest BCUT2D eigenvalue weighted by molar-refractivity contribution is 6.31. The van der Waals surface area contributed by atoms with E-state index in [4.69, 9.17) is 11.6 Å². The van der Waals surface area contributed by atoms with Gasteiger partial charge in [-0.15, -0.1) is 0 Å². The molecule has 1 aromatic heterocycles. The molecule has 5 heteroatoms. The fourth-order valence-electron chi connectivity index (χ4n) is 1.77. The Morgan fingerprint density at radius 1 is 1.31 bits per heavy atom. The van der Waals surface area contributed by atoms with Gasteiger partial charge >= 0.3 is 0 Å². The summed E-state index contributed by atoms with van der Waals surface area (Å²) in [6, 6.07) is 5.44. The fraction of sp³-hybridized carbons (Fsp3) is 0.273. The number of aromatic nitrogens is 2. The van der Waals surface area contributed by atoms with Gasteiger partial charge in [-0.2, -0.15) is 0 Å². The molecule has 1 N–H and O–H groups in total. The number of rotatable bonds is 1. The molecule has 1 aromatic carbocycles. The number of β-amino-alcohol motifs (C(OH)–C–C–N with tert-alkyl or cyclic N) is 1. The van der Waals surface area contributed by atoms with Gasteiger partial charge in [-0.3, -0.25) is 4.98 Å². The topological polar surface area (TPSA) is 49.2 Å². The molecule has 0 spiro atoms. The Hall–Kier alpha value is -1.39. The van der Waals surface area contributed by atoms with Crippen molar-refractivity contribution in [1.82, 2.24) is 9.97 Å². The van der Waals surface area contributed by atoms with Crippen molar-refractivity contribution in [1.29, 1.82) is 0 Å². The smallest absolute Gasteiger partial charge is 0.148 e. The van der Waals surface area contributed by atoms with E-state index in [-0.39, 0.29) is 6.10 Å². The van der Waals surface area contributed by atoms with Crippen LogP contribution in [0.2, 0.25) is 5.02 Å². The molecule has 2 aromatic rings. The average molecular weight is 236 g/mol. The van der Waals surface area contributed by atoms with Crippen LogP contribution in [0.4, 0.5) is 5.82 Å². The molecule has 0 aliphatic carbocycles. The molecule has 2 heterocycles. The molecule has 1 saturated heterocycles. The lowest BCUT2D eigenvalue weighted by Gasteiger charge is -2.36. The molecular formula is C11H10ClN3O. The minimum Gasteiger partial charge on any atom is -0.389 e. The molecule has 4 nitrogen and oxygen atoms in total. The Morgan fingerprint density at radius 3 is 2.88 bits per heavy atom. The number of hydrogen-bond acceptors (Lipinski definition) is 4. The lowest BCUT2D eigenvalue weighted by atomic mass is 10.2. The summed E-state index contributed by atoms with van der Waals surface area (Å²) in [6.45, 7) is 1.27. The maximum Gasteiger partial charge on any atom is 0.148 e. The van der Waals surface area contributed by atoms with Crippen molar-refractivity contribution in [2.45, 2.75) is 6.10 Å². The summed E-state index contributed by atoms with van der Waals surface area (Å²) in [5.74, 6) is 0.806. The zero-order valence-corrected chi connectivity index (χ0v) is 9.22. The molecule has 0 radical (unpaired) electrons. The first-order chi connectivity index (χ1) is 7.72. The normalized spacial score (nSPS) is 16.5. The van der Waals surface area contributed by atoms with Gasteiger partial charge in [0, 0.05) is 18.1 Å². The van der Waals surface area contributed by atoms with Crippen molar-refractivity contribution in [2.24, 2.45) is 0 Å². The van der Waals surface area contributed by atoms with Crippen molar-refractivity contribution in [3.8, 4) is 0 Å². The van der Waals surface area contributed by atoms with Crippen LogP contribution in [0.25, 0.3) is 11.0 Å². The van der Waals surface area contributed by atoms with E-state index in [0.717, 1.165) is 16.9 Å². The van der Waals surface area contributed by atoms with Gasteiger partial charge in [0.25, 0.3) is 0 Å². The molecule has 0 unspecified atom stereocenters. The number of fused-ring (bicyclic) bond motifs is 1. The molecule has 1 aliphatic rings. The maximum absolute atomic E-state index is 9.22. The minimum atomic E-state index is -0.234. The van der Waals surface area contributed by atoms with E-state index in [1.54, 1.807) is 18.3 Å². The van der Waals surface area contributed by atoms with Gasteiger partial charge < -0.3 is 10.0 Å². The van der Waals surface area contributed by atoms with Crippen molar-refractivity contribution < 1.29 is 5.11 Å². The van der Waals surface area contributed by atoms with Crippen molar-refractivity contribution in [3.63, 3.8) is 0 Å². The van der Waals surface area contributed by atoms with E-state index in [1.807, 2.05) is 11.0 Å². The summed E-state index contributed by atoms with van der Waals surface area (Å²) in [5.41, 5.74) is 1.61. The van der Waals surface area contributed by atoms with E-state index in [1.165, 1.54) is 0 Å². The van der Waals surface area contributed by atoms with Crippen LogP contribution in [0.5, 0.6) is 0 Å². The lowest BCUT2D eigenvalue weighted by molar-refractivity contribution is 0.141. The highest BCUT2D eigenvalue weighted by Gasteiger charge is 2.25. The first-order valence-corrected chi connectivity index (χ1v) is 5.45. The highest BCUT2D eigenvalue weighted by Crippen LogP contribution is 2.21. The summed E-state index contributed by atoms with van der Waals surface area (Å²) >= 11 is 5.87. The van der Waals surface area contributed by atoms with Gasteiger partial charge in [0.1, 0.15) is 5.82 Å². The van der Waals surface area contributed by atoms with E-state index in [2.05, 4.69) is 9.97 Å². The molecule has 1 fully saturated rings. The number of hydrogen-bond donors (Lipinski definition) is 1. The number of anilines is 1. The van der Waals surface area contributed by atoms with Crippen molar-refractivity contribution in [3.05, 3.63) is 29.4 Å². The van der Waals surface area contributed by atoms with Gasteiger partial charge in [-0.05, 0) is 18.2 Å². The molecule has 0 saturated carbocycles. The molecule has 82 valence electrons. The van der Waals surface area contributed by atoms with Gasteiger partial charge in [-0.1, -0.05) is 11.6 Å². The van der Waals surface area contributed by atoms with Gasteiger partial charge in [-0.25, -0.2) is 4.98 Å². The van der Waals surface area contributed by atoms with Crippen LogP contribution in [0.15, 0.2) is 24.4 Å². The molecule has 0 atom stereocenters. The summed E-state index contributed by atoms with van der Waals surface area (Å²) < 4.78 is 0. The molecule has 1 aliphatic heterocycles. The van der Waals surface area contributed by atoms with Crippen LogP contribution < -0.4 is 4.90 Å². The largest absolute Gasteiger partial charge is 0.389 e. The Bertz CT molecular complexity index is 540. The second kappa shape index (κ2) is 3.57. The van der Waals surface area contributed by atoms with E-state index >= 15 is 0 Å². The quantitative estimate of drug-likeness (QED) is 0.813. The lowest BCUT2D eigenvalue weighted by Crippen LogP contribution is -2.51. The third-order valence-corrected chi connectivity index (χ3v) is 2.91. The number of halogens is 1. The Balaban J connectivity index is 2.00. The minimum absolute atomic E-state index is 0.234. The Labute approximate surface area is 97.5 Å². The summed E-state index contributed by atoms with van der Waals surface area (Å²) in [6.07, 6.45) is 1.48. The second-order valence-electron chi connectivity index (χ2n) is 3.92. The van der Waals surface area contributed by atoms with Crippen LogP contribution in [-0.4, -0.2) is 34.3 Å². The van der Waals surface area contributed by atoms with Gasteiger partial charge in [0.15, 0.2) is 0 Å². The summed E-state index contributed by atoms with van der Waals surface area (Å²) in [7, 11) is 0. The Kier molecular flexibility index (Phi) is 2.19. The van der Waals surface area contributed by atoms with Crippen LogP contribution in [0, 0.1) is 0 Å². The average Bonchev–Trinajstić information content (AvgIpc) is 2.24. The summed E-state index contributed by atoms with van der Waals surface area (Å²) in [4.78, 5) is 10.8. The van der Waals surface area contributed by atoms with Gasteiger partial charge in [0.05, 0.1) is 23.3 Å². The van der Waals surface area contributed by atoms with Gasteiger partial charge in [0.2, 0.25) is 0 Å². The molecule has 0 bridgehead atoms. The zero-order valence-electron chi connectivity index (χ0n) is 8.47. The molecule has 16 heavy (non-hydrogen) atoms. The van der Waals surface area contributed by atoms with Crippen LogP contribution in [0.1, 0.15) is 0 Å². The molecule has 3 rings (SSSR count). The summed E-state index contributed by atoms with van der Waals surface area (Å²) in [5, 5.41) is 9.88. The van der Waals surface area contributed by atoms with Crippen LogP contribution in [-0.2, 0) is 0 Å². The van der Waals surface area contributed by atoms with Crippen molar-refractivity contribution >= 4 is 28.5 Å². The number of aliphatic hydroxyl groups excluding tert-OH is 1. The predicted octanol–water partition coefficient (Wildman–Crippen LogP) is 1.46. The molecular weight excluding hydrogens is 226 g/mol. The molecule has 0 amide bonds. The third kappa shape index (κ3) is 1.60. The predicted molar refractivity (Wildman–Crippen MR) is 62.8 cm³/mol. The third-order valence-electron chi connectivity index (χ3n) is 2.68. The number of aliphatic hydroxyl groups is 1. The van der Waals surface area contributed by atoms with Crippen LogP contribution >= 0.6 is 11.6 Å². The monoisotopic (exact) mass is 235 g/mol. The zero-order chi connectivity index (χ0) is 11.1. The number of nitrogens with zero attached hydrogens (tertiary/aromatic N) is 3. The fourth-order valence-corrected chi connectivity index (χ4v) is 1.94. The number of benzene rings is 1. The first-order valence-electron chi connectivity index (χ1n) is 5.08. The van der Waals surface area contributed by atoms with E-state index in [0.29, 0.717) is 18.1 Å².